The van der Waals surface area contributed by atoms with Crippen LogP contribution in [0.2, 0.25) is 0 Å². The van der Waals surface area contributed by atoms with Gasteiger partial charge in [-0.1, -0.05) is 24.3 Å². The van der Waals surface area contributed by atoms with Crippen LogP contribution in [0.4, 0.5) is 0 Å². The molecule has 0 heterocycles. The summed E-state index contributed by atoms with van der Waals surface area (Å²) in [4.78, 5) is 56.2. The van der Waals surface area contributed by atoms with E-state index >= 15 is 0 Å². The zero-order valence-electron chi connectivity index (χ0n) is 17.3. The van der Waals surface area contributed by atoms with Crippen molar-refractivity contribution in [2.75, 3.05) is 0 Å². The molecule has 10 N–H and O–H groups in total. The van der Waals surface area contributed by atoms with E-state index in [4.69, 9.17) is 40.0 Å². The number of phenols is 2. The summed E-state index contributed by atoms with van der Waals surface area (Å²) < 4.78 is 21.3. The number of rotatable bonds is 10. The van der Waals surface area contributed by atoms with Crippen molar-refractivity contribution in [3.8, 4) is 11.5 Å². The third-order valence-corrected chi connectivity index (χ3v) is 5.29. The lowest BCUT2D eigenvalue weighted by Crippen LogP contribution is -2.36. The van der Waals surface area contributed by atoms with E-state index in [1.54, 1.807) is 10.2 Å². The molecule has 16 heteroatoms. The molecule has 2 unspecified atom stereocenters. The molecule has 34 heavy (non-hydrogen) atoms. The van der Waals surface area contributed by atoms with Gasteiger partial charge in [-0.25, -0.2) is 19.3 Å². The number of aliphatic carboxylic acids is 2. The minimum absolute atomic E-state index is 0.0311. The van der Waals surface area contributed by atoms with Crippen LogP contribution in [0.5, 0.6) is 11.5 Å². The van der Waals surface area contributed by atoms with Crippen molar-refractivity contribution in [2.24, 2.45) is 0 Å². The number of nitrogens with one attached hydrogen (secondary N) is 2. The summed E-state index contributed by atoms with van der Waals surface area (Å²) in [7, 11) is -9.20. The second-order valence-corrected chi connectivity index (χ2v) is 9.56. The average molecular weight is 522 g/mol. The van der Waals surface area contributed by atoms with Crippen LogP contribution in [0, 0.1) is 0 Å². The summed E-state index contributed by atoms with van der Waals surface area (Å²) in [5.74, 6) is -2.66. The molecule has 14 nitrogen and oxygen atoms in total. The number of carboxylic acid groups (broad SMARTS) is 2. The Morgan fingerprint density at radius 3 is 1.12 bits per heavy atom. The van der Waals surface area contributed by atoms with Crippen molar-refractivity contribution in [1.29, 1.82) is 0 Å². The van der Waals surface area contributed by atoms with Crippen molar-refractivity contribution >= 4 is 27.4 Å². The minimum atomic E-state index is -4.60. The normalized spacial score (nSPS) is 13.3. The van der Waals surface area contributed by atoms with Crippen LogP contribution < -0.4 is 10.2 Å². The second kappa shape index (κ2) is 12.6. The van der Waals surface area contributed by atoms with Gasteiger partial charge in [0.05, 0.1) is 0 Å². The van der Waals surface area contributed by atoms with Crippen molar-refractivity contribution < 1.29 is 58.7 Å². The van der Waals surface area contributed by atoms with Crippen LogP contribution in [0.25, 0.3) is 0 Å². The maximum absolute atomic E-state index is 10.8. The highest BCUT2D eigenvalue weighted by Gasteiger charge is 2.26. The van der Waals surface area contributed by atoms with E-state index in [0.29, 0.717) is 11.1 Å². The number of carboxylic acids is 2. The number of hydrogen-bond acceptors (Lipinski definition) is 6. The third kappa shape index (κ3) is 12.4. The molecule has 2 rings (SSSR count). The van der Waals surface area contributed by atoms with E-state index in [9.17, 15) is 18.7 Å². The molecule has 0 saturated heterocycles. The molecular weight excluding hydrogens is 498 g/mol. The fourth-order valence-corrected chi connectivity index (χ4v) is 3.73. The van der Waals surface area contributed by atoms with Crippen molar-refractivity contribution in [2.45, 2.75) is 24.9 Å². The monoisotopic (exact) mass is 522 g/mol. The van der Waals surface area contributed by atoms with Gasteiger partial charge in [0.1, 0.15) is 23.6 Å². The lowest BCUT2D eigenvalue weighted by molar-refractivity contribution is -0.140. The van der Waals surface area contributed by atoms with Gasteiger partial charge in [0.2, 0.25) is 0 Å². The molecule has 2 aromatic carbocycles. The van der Waals surface area contributed by atoms with E-state index in [0.717, 1.165) is 0 Å². The molecule has 0 saturated carbocycles. The highest BCUT2D eigenvalue weighted by Crippen LogP contribution is 2.30. The quantitative estimate of drug-likeness (QED) is 0.186. The molecule has 188 valence electrons. The first kappa shape index (κ1) is 29.2. The maximum Gasteiger partial charge on any atom is 0.401 e. The molecule has 0 spiro atoms. The Labute approximate surface area is 192 Å². The standard InChI is InChI=1S/2C9H12NO6P/c2*11-7-3-1-6(2-4-7)5-8(9(12)13)10-17(14,15)16/h2*1-4,8,11H,5H2,(H,12,13)(H3,10,14,15,16). The maximum atomic E-state index is 10.8. The summed E-state index contributed by atoms with van der Waals surface area (Å²) in [6, 6.07) is 8.61. The van der Waals surface area contributed by atoms with E-state index in [2.05, 4.69) is 0 Å². The molecule has 0 aliphatic carbocycles. The first-order valence-corrected chi connectivity index (χ1v) is 12.5. The first-order valence-electron chi connectivity index (χ1n) is 9.24. The molecule has 0 bridgehead atoms. The predicted molar refractivity (Wildman–Crippen MR) is 117 cm³/mol. The summed E-state index contributed by atoms with van der Waals surface area (Å²) in [6.45, 7) is 0. The molecule has 0 radical (unpaired) electrons. The minimum Gasteiger partial charge on any atom is -0.508 e. The number of phenolic OH excluding ortho intramolecular Hbond substituents is 2. The number of hydrogen-bond donors (Lipinski definition) is 10. The van der Waals surface area contributed by atoms with Crippen LogP contribution in [0.1, 0.15) is 11.1 Å². The van der Waals surface area contributed by atoms with E-state index in [1.165, 1.54) is 48.5 Å². The lowest BCUT2D eigenvalue weighted by Gasteiger charge is -2.15. The van der Waals surface area contributed by atoms with Crippen LogP contribution in [0.3, 0.4) is 0 Å². The molecule has 0 aromatic heterocycles. The fraction of sp³-hybridized carbons (Fsp3) is 0.222. The highest BCUT2D eigenvalue weighted by molar-refractivity contribution is 7.49. The Morgan fingerprint density at radius 1 is 0.647 bits per heavy atom. The van der Waals surface area contributed by atoms with Gasteiger partial charge in [0, 0.05) is 0 Å². The van der Waals surface area contributed by atoms with E-state index in [-0.39, 0.29) is 24.3 Å². The van der Waals surface area contributed by atoms with Crippen molar-refractivity contribution in [3.05, 3.63) is 59.7 Å². The van der Waals surface area contributed by atoms with Crippen molar-refractivity contribution in [1.82, 2.24) is 10.2 Å². The predicted octanol–water partition coefficient (Wildman–Crippen LogP) is 0.140. The number of aromatic hydroxyl groups is 2. The lowest BCUT2D eigenvalue weighted by atomic mass is 10.1. The Bertz CT molecular complexity index is 964. The van der Waals surface area contributed by atoms with Crippen LogP contribution in [-0.4, -0.2) is 64.0 Å². The summed E-state index contributed by atoms with van der Waals surface area (Å²) >= 11 is 0. The zero-order chi connectivity index (χ0) is 26.1. The first-order chi connectivity index (χ1) is 15.6. The molecule has 0 fully saturated rings. The average Bonchev–Trinajstić information content (AvgIpc) is 2.68. The van der Waals surface area contributed by atoms with Gasteiger partial charge >= 0.3 is 27.4 Å². The summed E-state index contributed by atoms with van der Waals surface area (Å²) in [5.41, 5.74) is 1.08. The Morgan fingerprint density at radius 2 is 0.912 bits per heavy atom. The SMILES string of the molecule is O=C(O)C(Cc1ccc(O)cc1)NP(=O)(O)O.O=C(O)C(Cc1ccc(O)cc1)NP(=O)(O)O. The number of benzene rings is 2. The van der Waals surface area contributed by atoms with E-state index in [1.807, 2.05) is 0 Å². The topological polar surface area (TPSA) is 254 Å². The van der Waals surface area contributed by atoms with Gasteiger partial charge in [0.15, 0.2) is 0 Å². The Kier molecular flexibility index (Phi) is 10.8. The Balaban J connectivity index is 0.000000340. The Hall–Kier alpha value is -2.80. The molecule has 2 atom stereocenters. The van der Waals surface area contributed by atoms with Crippen LogP contribution >= 0.6 is 15.5 Å². The summed E-state index contributed by atoms with van der Waals surface area (Å²) in [6.07, 6.45) is -0.193. The van der Waals surface area contributed by atoms with Gasteiger partial charge in [-0.05, 0) is 48.2 Å². The molecular formula is C18H24N2O12P2. The van der Waals surface area contributed by atoms with Gasteiger partial charge < -0.3 is 40.0 Å². The molecule has 2 aromatic rings. The van der Waals surface area contributed by atoms with E-state index < -0.39 is 39.5 Å². The van der Waals surface area contributed by atoms with Gasteiger partial charge in [-0.2, -0.15) is 0 Å². The van der Waals surface area contributed by atoms with Crippen LogP contribution in [0.15, 0.2) is 48.5 Å². The zero-order valence-corrected chi connectivity index (χ0v) is 19.1. The highest BCUT2D eigenvalue weighted by atomic mass is 31.2. The van der Waals surface area contributed by atoms with Gasteiger partial charge in [-0.15, -0.1) is 0 Å². The fourth-order valence-electron chi connectivity index (χ4n) is 2.52. The van der Waals surface area contributed by atoms with Gasteiger partial charge in [-0.3, -0.25) is 9.59 Å². The molecule has 0 aliphatic heterocycles. The molecule has 0 amide bonds. The van der Waals surface area contributed by atoms with Gasteiger partial charge in [0.25, 0.3) is 0 Å². The third-order valence-electron chi connectivity index (χ3n) is 4.00. The van der Waals surface area contributed by atoms with Crippen LogP contribution in [-0.2, 0) is 31.6 Å². The molecule has 0 aliphatic rings. The second-order valence-electron chi connectivity index (χ2n) is 6.87. The summed E-state index contributed by atoms with van der Waals surface area (Å²) in [5, 5.41) is 39.1. The number of carbonyl (C=O) groups is 2. The van der Waals surface area contributed by atoms with Crippen molar-refractivity contribution in [3.63, 3.8) is 0 Å². The smallest absolute Gasteiger partial charge is 0.401 e. The largest absolute Gasteiger partial charge is 0.508 e.